The molecule has 12 heavy (non-hydrogen) atoms. The van der Waals surface area contributed by atoms with E-state index in [0.29, 0.717) is 0 Å². The molecule has 0 aromatic heterocycles. The van der Waals surface area contributed by atoms with Crippen molar-refractivity contribution in [2.75, 3.05) is 27.2 Å². The maximum absolute atomic E-state index is 4.95. The lowest BCUT2D eigenvalue weighted by molar-refractivity contribution is 0.329. The summed E-state index contributed by atoms with van der Waals surface area (Å²) in [6.45, 7) is 2.01. The van der Waals surface area contributed by atoms with Gasteiger partial charge in [-0.05, 0) is 32.1 Å². The van der Waals surface area contributed by atoms with E-state index in [0.717, 1.165) is 24.2 Å². The van der Waals surface area contributed by atoms with Crippen LogP contribution in [-0.4, -0.2) is 43.2 Å². The van der Waals surface area contributed by atoms with Crippen LogP contribution in [0.3, 0.4) is 0 Å². The van der Waals surface area contributed by atoms with Crippen LogP contribution in [0.1, 0.15) is 12.8 Å². The van der Waals surface area contributed by atoms with Crippen LogP contribution >= 0.6 is 12.2 Å². The van der Waals surface area contributed by atoms with Crippen LogP contribution in [0.15, 0.2) is 0 Å². The molecule has 0 unspecified atom stereocenters. The average Bonchev–Trinajstić information content (AvgIpc) is 2.86. The molecule has 4 heteroatoms. The van der Waals surface area contributed by atoms with E-state index in [1.165, 1.54) is 12.8 Å². The molecule has 0 atom stereocenters. The van der Waals surface area contributed by atoms with Crippen LogP contribution in [-0.2, 0) is 0 Å². The van der Waals surface area contributed by atoms with E-state index >= 15 is 0 Å². The van der Waals surface area contributed by atoms with Crippen molar-refractivity contribution in [3.63, 3.8) is 0 Å². The number of nitrogens with zero attached hydrogens (tertiary/aromatic N) is 1. The number of likely N-dealkylation sites (N-methyl/N-ethyl adjacent to an activating group) is 1. The van der Waals surface area contributed by atoms with Gasteiger partial charge in [0.2, 0.25) is 0 Å². The van der Waals surface area contributed by atoms with Gasteiger partial charge in [0.05, 0.1) is 0 Å². The van der Waals surface area contributed by atoms with Crippen molar-refractivity contribution in [3.8, 4) is 0 Å². The minimum Gasteiger partial charge on any atom is -0.366 e. The number of rotatable bonds is 4. The molecule has 0 amide bonds. The van der Waals surface area contributed by atoms with Gasteiger partial charge in [-0.2, -0.15) is 0 Å². The van der Waals surface area contributed by atoms with Gasteiger partial charge in [-0.3, -0.25) is 0 Å². The maximum Gasteiger partial charge on any atom is 0.166 e. The first kappa shape index (κ1) is 9.74. The first-order valence-corrected chi connectivity index (χ1v) is 4.80. The molecule has 0 heterocycles. The Balaban J connectivity index is 1.97. The lowest BCUT2D eigenvalue weighted by Gasteiger charge is -2.16. The molecule has 1 saturated carbocycles. The van der Waals surface area contributed by atoms with E-state index in [1.54, 1.807) is 0 Å². The van der Waals surface area contributed by atoms with Crippen LogP contribution in [0, 0.1) is 0 Å². The zero-order chi connectivity index (χ0) is 8.97. The van der Waals surface area contributed by atoms with Gasteiger partial charge in [0.15, 0.2) is 5.11 Å². The summed E-state index contributed by atoms with van der Waals surface area (Å²) < 4.78 is 0. The fraction of sp³-hybridized carbons (Fsp3) is 0.875. The fourth-order valence-electron chi connectivity index (χ4n) is 1.13. The molecule has 1 aliphatic carbocycles. The third-order valence-electron chi connectivity index (χ3n) is 2.15. The van der Waals surface area contributed by atoms with Crippen LogP contribution in [0.2, 0.25) is 0 Å². The molecular formula is C8H17N3S. The Labute approximate surface area is 79.5 Å². The molecule has 0 aromatic rings. The first-order chi connectivity index (χ1) is 5.74. The standard InChI is InChI=1S/C8H17N3S/c1-9-8(12)10-5-6-11(2)7-3-4-7/h7H,3-6H2,1-2H3,(H2,9,10,12). The van der Waals surface area contributed by atoms with Crippen molar-refractivity contribution >= 4 is 17.3 Å². The molecule has 3 nitrogen and oxygen atoms in total. The van der Waals surface area contributed by atoms with Crippen LogP contribution < -0.4 is 10.6 Å². The Morgan fingerprint density at radius 1 is 1.58 bits per heavy atom. The van der Waals surface area contributed by atoms with E-state index in [9.17, 15) is 0 Å². The Bertz CT molecular complexity index is 156. The second kappa shape index (κ2) is 4.62. The van der Waals surface area contributed by atoms with E-state index in [-0.39, 0.29) is 0 Å². The van der Waals surface area contributed by atoms with Gasteiger partial charge in [0.25, 0.3) is 0 Å². The molecule has 0 spiro atoms. The van der Waals surface area contributed by atoms with Crippen molar-refractivity contribution in [2.45, 2.75) is 18.9 Å². The zero-order valence-corrected chi connectivity index (χ0v) is 8.58. The van der Waals surface area contributed by atoms with Gasteiger partial charge >= 0.3 is 0 Å². The fourth-order valence-corrected chi connectivity index (χ4v) is 1.23. The minimum atomic E-state index is 0.735. The Morgan fingerprint density at radius 3 is 2.75 bits per heavy atom. The zero-order valence-electron chi connectivity index (χ0n) is 7.76. The van der Waals surface area contributed by atoms with Crippen LogP contribution in [0.4, 0.5) is 0 Å². The highest BCUT2D eigenvalue weighted by molar-refractivity contribution is 7.80. The largest absolute Gasteiger partial charge is 0.366 e. The summed E-state index contributed by atoms with van der Waals surface area (Å²) in [5.74, 6) is 0. The van der Waals surface area contributed by atoms with E-state index in [4.69, 9.17) is 12.2 Å². The second-order valence-corrected chi connectivity index (χ2v) is 3.63. The van der Waals surface area contributed by atoms with Gasteiger partial charge in [0, 0.05) is 26.2 Å². The van der Waals surface area contributed by atoms with Crippen LogP contribution in [0.5, 0.6) is 0 Å². The van der Waals surface area contributed by atoms with E-state index in [2.05, 4.69) is 22.6 Å². The Morgan fingerprint density at radius 2 is 2.25 bits per heavy atom. The van der Waals surface area contributed by atoms with Crippen molar-refractivity contribution < 1.29 is 0 Å². The normalized spacial score (nSPS) is 16.2. The topological polar surface area (TPSA) is 27.3 Å². The smallest absolute Gasteiger partial charge is 0.166 e. The molecule has 0 radical (unpaired) electrons. The highest BCUT2D eigenvalue weighted by Gasteiger charge is 2.25. The van der Waals surface area contributed by atoms with E-state index < -0.39 is 0 Å². The summed E-state index contributed by atoms with van der Waals surface area (Å²) in [6, 6.07) is 0.843. The number of hydrogen-bond acceptors (Lipinski definition) is 2. The monoisotopic (exact) mass is 187 g/mol. The molecule has 0 saturated heterocycles. The third-order valence-corrected chi connectivity index (χ3v) is 2.50. The molecule has 0 aromatic carbocycles. The predicted octanol–water partition coefficient (Wildman–Crippen LogP) is 0.174. The maximum atomic E-state index is 4.95. The molecule has 1 rings (SSSR count). The van der Waals surface area contributed by atoms with Crippen molar-refractivity contribution in [1.29, 1.82) is 0 Å². The Hall–Kier alpha value is -0.350. The lowest BCUT2D eigenvalue weighted by Crippen LogP contribution is -2.38. The van der Waals surface area contributed by atoms with Crippen LogP contribution in [0.25, 0.3) is 0 Å². The average molecular weight is 187 g/mol. The summed E-state index contributed by atoms with van der Waals surface area (Å²) in [6.07, 6.45) is 2.74. The van der Waals surface area contributed by atoms with Gasteiger partial charge in [-0.15, -0.1) is 0 Å². The van der Waals surface area contributed by atoms with Crippen molar-refractivity contribution in [2.24, 2.45) is 0 Å². The highest BCUT2D eigenvalue weighted by atomic mass is 32.1. The predicted molar refractivity (Wildman–Crippen MR) is 55.3 cm³/mol. The van der Waals surface area contributed by atoms with Gasteiger partial charge < -0.3 is 15.5 Å². The number of hydrogen-bond donors (Lipinski definition) is 2. The molecule has 1 aliphatic rings. The Kier molecular flexibility index (Phi) is 3.75. The summed E-state index contributed by atoms with van der Waals surface area (Å²) in [5.41, 5.74) is 0. The summed E-state index contributed by atoms with van der Waals surface area (Å²) in [4.78, 5) is 2.38. The van der Waals surface area contributed by atoms with Gasteiger partial charge in [-0.1, -0.05) is 0 Å². The van der Waals surface area contributed by atoms with Crippen molar-refractivity contribution in [3.05, 3.63) is 0 Å². The van der Waals surface area contributed by atoms with Gasteiger partial charge in [-0.25, -0.2) is 0 Å². The second-order valence-electron chi connectivity index (χ2n) is 3.22. The molecular weight excluding hydrogens is 170 g/mol. The summed E-state index contributed by atoms with van der Waals surface area (Å²) in [5, 5.41) is 6.75. The van der Waals surface area contributed by atoms with E-state index in [1.807, 2.05) is 7.05 Å². The first-order valence-electron chi connectivity index (χ1n) is 4.40. The van der Waals surface area contributed by atoms with Crippen molar-refractivity contribution in [1.82, 2.24) is 15.5 Å². The molecule has 70 valence electrons. The number of thiocarbonyl (C=S) groups is 1. The molecule has 0 aliphatic heterocycles. The molecule has 0 bridgehead atoms. The highest BCUT2D eigenvalue weighted by Crippen LogP contribution is 2.24. The quantitative estimate of drug-likeness (QED) is 0.614. The van der Waals surface area contributed by atoms with Gasteiger partial charge in [0.1, 0.15) is 0 Å². The number of nitrogens with one attached hydrogen (secondary N) is 2. The summed E-state index contributed by atoms with van der Waals surface area (Å²) >= 11 is 4.95. The third kappa shape index (κ3) is 3.36. The summed E-state index contributed by atoms with van der Waals surface area (Å²) in [7, 11) is 4.00. The lowest BCUT2D eigenvalue weighted by atomic mass is 10.5. The SMILES string of the molecule is CNC(=S)NCCN(C)C1CC1. The molecule has 2 N–H and O–H groups in total. The molecule has 1 fully saturated rings. The minimum absolute atomic E-state index is 0.735.